The summed E-state index contributed by atoms with van der Waals surface area (Å²) >= 11 is 7.30. The Bertz CT molecular complexity index is 568. The largest absolute Gasteiger partial charge is 0.275 e. The highest BCUT2D eigenvalue weighted by Gasteiger charge is 2.12. The number of rotatable bonds is 4. The monoisotopic (exact) mass is 296 g/mol. The van der Waals surface area contributed by atoms with Gasteiger partial charge in [-0.25, -0.2) is 10.0 Å². The van der Waals surface area contributed by atoms with Crippen molar-refractivity contribution < 1.29 is 9.63 Å². The molecule has 0 spiro atoms. The van der Waals surface area contributed by atoms with E-state index in [0.29, 0.717) is 5.02 Å². The Hall–Kier alpha value is -1.43. The molecule has 0 aliphatic heterocycles. The number of amides is 1. The smallest absolute Gasteiger partial charge is 0.252 e. The van der Waals surface area contributed by atoms with Gasteiger partial charge in [-0.15, -0.1) is 11.3 Å². The van der Waals surface area contributed by atoms with Crippen LogP contribution in [0.3, 0.4) is 0 Å². The second-order valence-corrected chi connectivity index (χ2v) is 5.26. The van der Waals surface area contributed by atoms with Crippen LogP contribution in [0.2, 0.25) is 5.02 Å². The van der Waals surface area contributed by atoms with E-state index in [2.05, 4.69) is 4.98 Å². The summed E-state index contributed by atoms with van der Waals surface area (Å²) in [6, 6.07) is 7.45. The van der Waals surface area contributed by atoms with Crippen LogP contribution in [0, 0.1) is 0 Å². The van der Waals surface area contributed by atoms with Crippen molar-refractivity contribution in [2.75, 3.05) is 14.2 Å². The zero-order valence-corrected chi connectivity index (χ0v) is 12.2. The number of nitrogens with zero attached hydrogens (tertiary/aromatic N) is 2. The van der Waals surface area contributed by atoms with Crippen LogP contribution in [0.5, 0.6) is 0 Å². The third kappa shape index (κ3) is 3.53. The SMILES string of the molecule is CON(C)C(=O)Cc1nc(-c2ccc(Cl)cc2)cs1. The summed E-state index contributed by atoms with van der Waals surface area (Å²) in [6.07, 6.45) is 0.239. The summed E-state index contributed by atoms with van der Waals surface area (Å²) in [6.45, 7) is 0. The van der Waals surface area contributed by atoms with Crippen molar-refractivity contribution in [1.82, 2.24) is 10.0 Å². The molecular formula is C13H13ClN2O2S. The van der Waals surface area contributed by atoms with Crippen molar-refractivity contribution in [2.24, 2.45) is 0 Å². The second kappa shape index (κ2) is 6.14. The molecule has 100 valence electrons. The van der Waals surface area contributed by atoms with E-state index in [1.165, 1.54) is 23.5 Å². The summed E-state index contributed by atoms with van der Waals surface area (Å²) in [5.41, 5.74) is 1.84. The van der Waals surface area contributed by atoms with Crippen LogP contribution in [-0.2, 0) is 16.1 Å². The van der Waals surface area contributed by atoms with E-state index in [1.807, 2.05) is 29.6 Å². The van der Waals surface area contributed by atoms with E-state index in [0.717, 1.165) is 16.3 Å². The van der Waals surface area contributed by atoms with Crippen molar-refractivity contribution in [2.45, 2.75) is 6.42 Å². The molecule has 2 aromatic rings. The number of carbonyl (C=O) groups excluding carboxylic acids is 1. The van der Waals surface area contributed by atoms with Gasteiger partial charge in [0.05, 0.1) is 19.2 Å². The van der Waals surface area contributed by atoms with Gasteiger partial charge >= 0.3 is 0 Å². The normalized spacial score (nSPS) is 10.5. The molecule has 0 aliphatic carbocycles. The highest BCUT2D eigenvalue weighted by molar-refractivity contribution is 7.10. The van der Waals surface area contributed by atoms with Crippen LogP contribution < -0.4 is 0 Å². The van der Waals surface area contributed by atoms with Crippen molar-refractivity contribution in [3.63, 3.8) is 0 Å². The fourth-order valence-corrected chi connectivity index (χ4v) is 2.41. The van der Waals surface area contributed by atoms with E-state index in [4.69, 9.17) is 16.4 Å². The molecule has 0 fully saturated rings. The summed E-state index contributed by atoms with van der Waals surface area (Å²) in [4.78, 5) is 21.0. The van der Waals surface area contributed by atoms with E-state index in [9.17, 15) is 4.79 Å². The molecule has 0 saturated carbocycles. The molecule has 4 nitrogen and oxygen atoms in total. The minimum absolute atomic E-state index is 0.125. The number of aromatic nitrogens is 1. The minimum Gasteiger partial charge on any atom is -0.275 e. The maximum atomic E-state index is 11.7. The Balaban J connectivity index is 2.11. The van der Waals surface area contributed by atoms with Crippen molar-refractivity contribution in [1.29, 1.82) is 0 Å². The fourth-order valence-electron chi connectivity index (χ4n) is 1.49. The predicted octanol–water partition coefficient (Wildman–Crippen LogP) is 3.03. The summed E-state index contributed by atoms with van der Waals surface area (Å²) < 4.78 is 0. The lowest BCUT2D eigenvalue weighted by molar-refractivity contribution is -0.167. The maximum absolute atomic E-state index is 11.7. The average Bonchev–Trinajstić information content (AvgIpc) is 2.87. The van der Waals surface area contributed by atoms with Gasteiger partial charge in [0.15, 0.2) is 0 Å². The molecule has 1 aromatic heterocycles. The number of benzene rings is 1. The van der Waals surface area contributed by atoms with Gasteiger partial charge in [0.1, 0.15) is 5.01 Å². The van der Waals surface area contributed by atoms with Crippen molar-refractivity contribution in [3.05, 3.63) is 39.7 Å². The van der Waals surface area contributed by atoms with Gasteiger partial charge in [0, 0.05) is 23.0 Å². The predicted molar refractivity (Wildman–Crippen MR) is 76.0 cm³/mol. The molecule has 1 aromatic carbocycles. The van der Waals surface area contributed by atoms with Gasteiger partial charge < -0.3 is 0 Å². The average molecular weight is 297 g/mol. The molecule has 6 heteroatoms. The zero-order chi connectivity index (χ0) is 13.8. The number of hydrogen-bond donors (Lipinski definition) is 0. The number of likely N-dealkylation sites (N-methyl/N-ethyl adjacent to an activating group) is 1. The Morgan fingerprint density at radius 2 is 2.11 bits per heavy atom. The molecule has 0 unspecified atom stereocenters. The molecular weight excluding hydrogens is 284 g/mol. The third-order valence-corrected chi connectivity index (χ3v) is 3.72. The van der Waals surface area contributed by atoms with Gasteiger partial charge in [-0.2, -0.15) is 0 Å². The fraction of sp³-hybridized carbons (Fsp3) is 0.231. The van der Waals surface area contributed by atoms with Gasteiger partial charge in [-0.1, -0.05) is 23.7 Å². The first kappa shape index (κ1) is 14.0. The molecule has 0 bridgehead atoms. The quantitative estimate of drug-likeness (QED) is 0.815. The van der Waals surface area contributed by atoms with Crippen LogP contribution in [-0.4, -0.2) is 30.1 Å². The Morgan fingerprint density at radius 1 is 1.42 bits per heavy atom. The summed E-state index contributed by atoms with van der Waals surface area (Å²) in [5.74, 6) is -0.125. The van der Waals surface area contributed by atoms with Crippen LogP contribution in [0.4, 0.5) is 0 Å². The maximum Gasteiger partial charge on any atom is 0.252 e. The highest BCUT2D eigenvalue weighted by Crippen LogP contribution is 2.23. The first-order chi connectivity index (χ1) is 9.10. The first-order valence-electron chi connectivity index (χ1n) is 5.61. The molecule has 1 amide bonds. The lowest BCUT2D eigenvalue weighted by Gasteiger charge is -2.11. The minimum atomic E-state index is -0.125. The molecule has 0 aliphatic rings. The van der Waals surface area contributed by atoms with Crippen LogP contribution >= 0.6 is 22.9 Å². The third-order valence-electron chi connectivity index (χ3n) is 2.62. The first-order valence-corrected chi connectivity index (χ1v) is 6.87. The second-order valence-electron chi connectivity index (χ2n) is 3.88. The number of halogens is 1. The van der Waals surface area contributed by atoms with Crippen molar-refractivity contribution >= 4 is 28.8 Å². The lowest BCUT2D eigenvalue weighted by Crippen LogP contribution is -2.26. The molecule has 19 heavy (non-hydrogen) atoms. The summed E-state index contributed by atoms with van der Waals surface area (Å²) in [5, 5.41) is 4.58. The van der Waals surface area contributed by atoms with E-state index in [1.54, 1.807) is 7.05 Å². The van der Waals surface area contributed by atoms with Crippen LogP contribution in [0.1, 0.15) is 5.01 Å². The highest BCUT2D eigenvalue weighted by atomic mass is 35.5. The lowest BCUT2D eigenvalue weighted by atomic mass is 10.2. The molecule has 0 atom stereocenters. The van der Waals surface area contributed by atoms with Crippen molar-refractivity contribution in [3.8, 4) is 11.3 Å². The number of carbonyl (C=O) groups is 1. The zero-order valence-electron chi connectivity index (χ0n) is 10.6. The molecule has 0 radical (unpaired) electrons. The standard InChI is InChI=1S/C13H13ClN2O2S/c1-16(18-2)13(17)7-12-15-11(8-19-12)9-3-5-10(14)6-4-9/h3-6,8H,7H2,1-2H3. The number of thiazole rings is 1. The number of hydrogen-bond acceptors (Lipinski definition) is 4. The van der Waals surface area contributed by atoms with Gasteiger partial charge in [0.25, 0.3) is 5.91 Å². The van der Waals surface area contributed by atoms with E-state index in [-0.39, 0.29) is 12.3 Å². The van der Waals surface area contributed by atoms with E-state index < -0.39 is 0 Å². The van der Waals surface area contributed by atoms with Gasteiger partial charge in [0.2, 0.25) is 0 Å². The van der Waals surface area contributed by atoms with Crippen LogP contribution in [0.25, 0.3) is 11.3 Å². The Morgan fingerprint density at radius 3 is 2.74 bits per heavy atom. The Labute approximate surface area is 120 Å². The summed E-state index contributed by atoms with van der Waals surface area (Å²) in [7, 11) is 3.04. The molecule has 0 N–H and O–H groups in total. The van der Waals surface area contributed by atoms with Gasteiger partial charge in [-0.3, -0.25) is 9.63 Å². The van der Waals surface area contributed by atoms with Gasteiger partial charge in [-0.05, 0) is 12.1 Å². The Kier molecular flexibility index (Phi) is 4.52. The van der Waals surface area contributed by atoms with Crippen LogP contribution in [0.15, 0.2) is 29.6 Å². The van der Waals surface area contributed by atoms with E-state index >= 15 is 0 Å². The molecule has 1 heterocycles. The number of hydroxylamine groups is 2. The topological polar surface area (TPSA) is 42.4 Å². The molecule has 0 saturated heterocycles. The molecule has 2 rings (SSSR count).